The smallest absolute Gasteiger partial charge is 0.346 e. The lowest BCUT2D eigenvalue weighted by molar-refractivity contribution is 0.0727. The number of carbonyl (C=O) groups excluding carboxylic acids is 2. The zero-order chi connectivity index (χ0) is 21.4. The number of carbonyl (C=O) groups is 2. The molecule has 3 nitrogen and oxygen atoms in total. The third-order valence-electron chi connectivity index (χ3n) is 4.31. The number of hydrogen-bond donors (Lipinski definition) is 0. The zero-order valence-electron chi connectivity index (χ0n) is 14.9. The highest BCUT2D eigenvalue weighted by Gasteiger charge is 2.27. The molecule has 0 saturated heterocycles. The number of Topliss-reactive ketones (excluding diaryl/α,β-unsaturated/α-hetero) is 1. The van der Waals surface area contributed by atoms with Gasteiger partial charge in [-0.1, -0.05) is 42.1 Å². The Morgan fingerprint density at radius 3 is 2.37 bits per heavy atom. The van der Waals surface area contributed by atoms with E-state index in [-0.39, 0.29) is 17.6 Å². The minimum absolute atomic E-state index is 0.0658. The first-order valence-corrected chi connectivity index (χ1v) is 9.36. The quantitative estimate of drug-likeness (QED) is 0.132. The summed E-state index contributed by atoms with van der Waals surface area (Å²) in [7, 11) is 0. The standard InChI is InChI=1S/C22H10F4O3S/c23-14-10-13(18(24)20(26)19(14)25)22(28)29-15-7-3-1-5-11(15)9-17-21(27)12-6-2-4-8-16(12)30-17/h1-10H. The topological polar surface area (TPSA) is 43.4 Å². The van der Waals surface area contributed by atoms with Crippen molar-refractivity contribution < 1.29 is 31.9 Å². The summed E-state index contributed by atoms with van der Waals surface area (Å²) in [5, 5.41) is 0. The number of benzene rings is 3. The molecule has 3 aromatic carbocycles. The summed E-state index contributed by atoms with van der Waals surface area (Å²) in [5.74, 6) is -9.39. The third kappa shape index (κ3) is 3.50. The maximum atomic E-state index is 13.9. The summed E-state index contributed by atoms with van der Waals surface area (Å²) in [4.78, 5) is 26.0. The summed E-state index contributed by atoms with van der Waals surface area (Å²) in [5.41, 5.74) is -0.229. The fraction of sp³-hybridized carbons (Fsp3) is 0. The highest BCUT2D eigenvalue weighted by Crippen LogP contribution is 2.41. The van der Waals surface area contributed by atoms with E-state index in [1.807, 2.05) is 0 Å². The predicted octanol–water partition coefficient (Wildman–Crippen LogP) is 5.79. The lowest BCUT2D eigenvalue weighted by Crippen LogP contribution is -2.14. The van der Waals surface area contributed by atoms with Crippen molar-refractivity contribution in [1.82, 2.24) is 0 Å². The van der Waals surface area contributed by atoms with Gasteiger partial charge in [-0.15, -0.1) is 0 Å². The van der Waals surface area contributed by atoms with Gasteiger partial charge in [0.15, 0.2) is 23.3 Å². The van der Waals surface area contributed by atoms with E-state index in [9.17, 15) is 27.2 Å². The number of esters is 1. The number of halogens is 4. The molecule has 30 heavy (non-hydrogen) atoms. The molecule has 1 aliphatic heterocycles. The number of thioether (sulfide) groups is 1. The molecule has 4 rings (SSSR count). The second kappa shape index (κ2) is 7.79. The van der Waals surface area contributed by atoms with Crippen molar-refractivity contribution in [3.8, 4) is 5.75 Å². The first-order chi connectivity index (χ1) is 14.4. The van der Waals surface area contributed by atoms with Crippen LogP contribution < -0.4 is 4.74 Å². The van der Waals surface area contributed by atoms with Crippen LogP contribution in [0, 0.1) is 23.3 Å². The van der Waals surface area contributed by atoms with Crippen molar-refractivity contribution in [2.75, 3.05) is 0 Å². The van der Waals surface area contributed by atoms with E-state index in [1.54, 1.807) is 36.4 Å². The van der Waals surface area contributed by atoms with E-state index in [1.165, 1.54) is 30.0 Å². The second-order valence-corrected chi connectivity index (χ2v) is 7.29. The number of allylic oxidation sites excluding steroid dienone is 1. The Morgan fingerprint density at radius 1 is 0.900 bits per heavy atom. The highest BCUT2D eigenvalue weighted by molar-refractivity contribution is 8.04. The van der Waals surface area contributed by atoms with Gasteiger partial charge in [0.2, 0.25) is 5.78 Å². The SMILES string of the molecule is O=C1C(=Cc2ccccc2OC(=O)c2cc(F)c(F)c(F)c2F)Sc2ccccc21. The number of para-hydroxylation sites is 1. The molecule has 0 saturated carbocycles. The van der Waals surface area contributed by atoms with Crippen LogP contribution in [0.3, 0.4) is 0 Å². The molecule has 0 spiro atoms. The lowest BCUT2D eigenvalue weighted by atomic mass is 10.1. The van der Waals surface area contributed by atoms with E-state index >= 15 is 0 Å². The van der Waals surface area contributed by atoms with Gasteiger partial charge in [-0.2, -0.15) is 0 Å². The van der Waals surface area contributed by atoms with Crippen LogP contribution in [0.2, 0.25) is 0 Å². The molecular formula is C22H10F4O3S. The van der Waals surface area contributed by atoms with Gasteiger partial charge in [0.05, 0.1) is 4.91 Å². The highest BCUT2D eigenvalue weighted by atomic mass is 32.2. The number of hydrogen-bond acceptors (Lipinski definition) is 4. The molecule has 0 unspecified atom stereocenters. The van der Waals surface area contributed by atoms with Crippen LogP contribution >= 0.6 is 11.8 Å². The van der Waals surface area contributed by atoms with Gasteiger partial charge in [-0.25, -0.2) is 22.4 Å². The van der Waals surface area contributed by atoms with E-state index < -0.39 is 34.8 Å². The Labute approximate surface area is 172 Å². The van der Waals surface area contributed by atoms with Crippen molar-refractivity contribution in [3.05, 3.63) is 99.5 Å². The summed E-state index contributed by atoms with van der Waals surface area (Å²) in [6, 6.07) is 13.3. The fourth-order valence-electron chi connectivity index (χ4n) is 2.85. The minimum Gasteiger partial charge on any atom is -0.422 e. The first kappa shape index (κ1) is 19.9. The van der Waals surface area contributed by atoms with Crippen LogP contribution in [0.25, 0.3) is 6.08 Å². The van der Waals surface area contributed by atoms with Crippen LogP contribution in [0.4, 0.5) is 17.6 Å². The van der Waals surface area contributed by atoms with Gasteiger partial charge >= 0.3 is 5.97 Å². The van der Waals surface area contributed by atoms with Crippen LogP contribution in [0.5, 0.6) is 5.75 Å². The molecule has 0 atom stereocenters. The molecule has 8 heteroatoms. The lowest BCUT2D eigenvalue weighted by Gasteiger charge is -2.09. The Bertz CT molecular complexity index is 1240. The van der Waals surface area contributed by atoms with Crippen LogP contribution in [-0.4, -0.2) is 11.8 Å². The summed E-state index contributed by atoms with van der Waals surface area (Å²) in [6.45, 7) is 0. The van der Waals surface area contributed by atoms with E-state index in [4.69, 9.17) is 4.74 Å². The maximum Gasteiger partial charge on any atom is 0.346 e. The van der Waals surface area contributed by atoms with Gasteiger partial charge in [-0.05, 0) is 30.3 Å². The van der Waals surface area contributed by atoms with E-state index in [2.05, 4.69) is 0 Å². The molecule has 0 aliphatic carbocycles. The molecule has 0 aromatic heterocycles. The van der Waals surface area contributed by atoms with Crippen molar-refractivity contribution in [3.63, 3.8) is 0 Å². The Kier molecular flexibility index (Phi) is 5.17. The summed E-state index contributed by atoms with van der Waals surface area (Å²) < 4.78 is 58.9. The molecule has 0 radical (unpaired) electrons. The second-order valence-electron chi connectivity index (χ2n) is 6.21. The third-order valence-corrected chi connectivity index (χ3v) is 5.41. The average Bonchev–Trinajstić information content (AvgIpc) is 3.06. The van der Waals surface area contributed by atoms with Crippen LogP contribution in [0.15, 0.2) is 64.4 Å². The Balaban J connectivity index is 1.66. The molecule has 0 N–H and O–H groups in total. The number of ether oxygens (including phenoxy) is 1. The van der Waals surface area contributed by atoms with Crippen molar-refractivity contribution >= 4 is 29.6 Å². The minimum atomic E-state index is -2.11. The van der Waals surface area contributed by atoms with Crippen LogP contribution in [0.1, 0.15) is 26.3 Å². The largest absolute Gasteiger partial charge is 0.422 e. The van der Waals surface area contributed by atoms with Gasteiger partial charge in [-0.3, -0.25) is 4.79 Å². The Hall–Kier alpha value is -3.39. The zero-order valence-corrected chi connectivity index (χ0v) is 15.7. The van der Waals surface area contributed by atoms with Gasteiger partial charge in [0.25, 0.3) is 0 Å². The number of fused-ring (bicyclic) bond motifs is 1. The molecule has 0 bridgehead atoms. The van der Waals surface area contributed by atoms with Gasteiger partial charge < -0.3 is 4.74 Å². The van der Waals surface area contributed by atoms with Crippen molar-refractivity contribution in [2.45, 2.75) is 4.90 Å². The summed E-state index contributed by atoms with van der Waals surface area (Å²) in [6.07, 6.45) is 1.50. The molecule has 1 heterocycles. The predicted molar refractivity (Wildman–Crippen MR) is 102 cm³/mol. The molecular weight excluding hydrogens is 420 g/mol. The molecule has 3 aromatic rings. The molecule has 1 aliphatic rings. The van der Waals surface area contributed by atoms with Crippen LogP contribution in [-0.2, 0) is 0 Å². The number of rotatable bonds is 3. The Morgan fingerprint density at radius 2 is 1.60 bits per heavy atom. The average molecular weight is 430 g/mol. The summed E-state index contributed by atoms with van der Waals surface area (Å²) >= 11 is 1.24. The normalized spacial score (nSPS) is 14.1. The van der Waals surface area contributed by atoms with E-state index in [0.29, 0.717) is 16.0 Å². The number of ketones is 1. The van der Waals surface area contributed by atoms with Crippen molar-refractivity contribution in [2.24, 2.45) is 0 Å². The van der Waals surface area contributed by atoms with E-state index in [0.717, 1.165) is 4.90 Å². The maximum absolute atomic E-state index is 13.9. The van der Waals surface area contributed by atoms with Gasteiger partial charge in [0, 0.05) is 16.0 Å². The fourth-order valence-corrected chi connectivity index (χ4v) is 3.89. The first-order valence-electron chi connectivity index (χ1n) is 8.54. The van der Waals surface area contributed by atoms with Crippen molar-refractivity contribution in [1.29, 1.82) is 0 Å². The van der Waals surface area contributed by atoms with Gasteiger partial charge in [0.1, 0.15) is 11.3 Å². The molecule has 150 valence electrons. The monoisotopic (exact) mass is 430 g/mol. The molecule has 0 fully saturated rings. The molecule has 0 amide bonds.